The van der Waals surface area contributed by atoms with Crippen molar-refractivity contribution in [1.82, 2.24) is 4.90 Å². The maximum atomic E-state index is 12.6. The molecule has 1 heterocycles. The first-order chi connectivity index (χ1) is 10.4. The average Bonchev–Trinajstić information content (AvgIpc) is 2.44. The van der Waals surface area contributed by atoms with Gasteiger partial charge in [0.2, 0.25) is 9.84 Å². The Kier molecular flexibility index (Phi) is 4.17. The molecule has 1 aromatic rings. The number of rotatable bonds is 3. The summed E-state index contributed by atoms with van der Waals surface area (Å²) >= 11 is 0. The third-order valence-corrected chi connectivity index (χ3v) is 6.16. The molecule has 1 aliphatic heterocycles. The molecule has 0 bridgehead atoms. The summed E-state index contributed by atoms with van der Waals surface area (Å²) in [4.78, 5) is 13.4. The lowest BCUT2D eigenvalue weighted by atomic mass is 9.65. The van der Waals surface area contributed by atoms with Crippen LogP contribution in [0.5, 0.6) is 0 Å². The lowest BCUT2D eigenvalue weighted by molar-refractivity contribution is -0.0770. The van der Waals surface area contributed by atoms with Crippen LogP contribution in [0.2, 0.25) is 0 Å². The highest BCUT2D eigenvalue weighted by atomic mass is 32.2. The Hall–Kier alpha value is -1.70. The van der Waals surface area contributed by atoms with Crippen LogP contribution in [-0.2, 0) is 9.84 Å². The number of hydrogen-bond acceptors (Lipinski definition) is 3. The van der Waals surface area contributed by atoms with Crippen molar-refractivity contribution >= 4 is 21.6 Å². The summed E-state index contributed by atoms with van der Waals surface area (Å²) in [5, 5.41) is 2.57. The lowest BCUT2D eigenvalue weighted by Gasteiger charge is -2.60. The van der Waals surface area contributed by atoms with Crippen LogP contribution < -0.4 is 5.32 Å². The molecular formula is C15H20F2N2O3S. The molecule has 2 rings (SSSR count). The molecule has 23 heavy (non-hydrogen) atoms. The summed E-state index contributed by atoms with van der Waals surface area (Å²) in [6.45, 7) is 8.53. The minimum atomic E-state index is -4.69. The number of likely N-dealkylation sites (tertiary alicyclic amines) is 1. The molecule has 0 radical (unpaired) electrons. The van der Waals surface area contributed by atoms with Crippen molar-refractivity contribution in [3.05, 3.63) is 24.3 Å². The van der Waals surface area contributed by atoms with Gasteiger partial charge in [-0.3, -0.25) is 0 Å². The smallest absolute Gasteiger partial charge is 0.318 e. The molecular weight excluding hydrogens is 326 g/mol. The highest BCUT2D eigenvalue weighted by Gasteiger charge is 2.54. The third kappa shape index (κ3) is 2.91. The van der Waals surface area contributed by atoms with Crippen molar-refractivity contribution in [3.8, 4) is 0 Å². The summed E-state index contributed by atoms with van der Waals surface area (Å²) in [6.07, 6.45) is 0. The summed E-state index contributed by atoms with van der Waals surface area (Å²) in [5.74, 6) is -3.50. The van der Waals surface area contributed by atoms with Crippen LogP contribution in [0.3, 0.4) is 0 Å². The van der Waals surface area contributed by atoms with E-state index < -0.39 is 20.5 Å². The number of alkyl halides is 2. The maximum Gasteiger partial charge on any atom is 0.341 e. The van der Waals surface area contributed by atoms with Gasteiger partial charge in [-0.2, -0.15) is 8.78 Å². The average molecular weight is 346 g/mol. The highest BCUT2D eigenvalue weighted by molar-refractivity contribution is 7.91. The number of carbonyl (C=O) groups is 1. The molecule has 128 valence electrons. The summed E-state index contributed by atoms with van der Waals surface area (Å²) < 4.78 is 48.1. The summed E-state index contributed by atoms with van der Waals surface area (Å²) in [7, 11) is -4.69. The number of nitrogens with zero attached hydrogens (tertiary/aromatic N) is 1. The standard InChI is InChI=1S/C15H20F2N2O3S/c1-14(2)9-19(15(14,3)4)13(20)18-10-6-5-7-11(8-10)23(21,22)12(16)17/h5-8,12H,9H2,1-4H3,(H,18,20). The van der Waals surface area contributed by atoms with Crippen molar-refractivity contribution < 1.29 is 22.0 Å². The van der Waals surface area contributed by atoms with E-state index in [1.807, 2.05) is 27.7 Å². The van der Waals surface area contributed by atoms with Crippen LogP contribution in [0, 0.1) is 5.41 Å². The fourth-order valence-corrected chi connectivity index (χ4v) is 3.20. The van der Waals surface area contributed by atoms with E-state index in [4.69, 9.17) is 0 Å². The number of benzene rings is 1. The molecule has 1 aromatic carbocycles. The summed E-state index contributed by atoms with van der Waals surface area (Å²) in [5.41, 5.74) is -0.230. The first kappa shape index (κ1) is 17.7. The molecule has 0 aromatic heterocycles. The van der Waals surface area contributed by atoms with E-state index in [1.54, 1.807) is 4.90 Å². The van der Waals surface area contributed by atoms with Gasteiger partial charge in [0.1, 0.15) is 0 Å². The van der Waals surface area contributed by atoms with Crippen molar-refractivity contribution in [2.75, 3.05) is 11.9 Å². The fraction of sp³-hybridized carbons (Fsp3) is 0.533. The fourth-order valence-electron chi connectivity index (χ4n) is 2.43. The molecule has 1 aliphatic rings. The number of hydrogen-bond donors (Lipinski definition) is 1. The van der Waals surface area contributed by atoms with Crippen LogP contribution in [0.4, 0.5) is 19.3 Å². The van der Waals surface area contributed by atoms with E-state index in [0.717, 1.165) is 12.1 Å². The van der Waals surface area contributed by atoms with Gasteiger partial charge in [-0.05, 0) is 32.0 Å². The van der Waals surface area contributed by atoms with Gasteiger partial charge in [-0.25, -0.2) is 13.2 Å². The number of sulfone groups is 1. The molecule has 0 atom stereocenters. The number of halogens is 2. The Balaban J connectivity index is 2.18. The second-order valence-electron chi connectivity index (χ2n) is 6.79. The zero-order valence-electron chi connectivity index (χ0n) is 13.4. The molecule has 0 spiro atoms. The second-order valence-corrected chi connectivity index (χ2v) is 8.71. The zero-order valence-corrected chi connectivity index (χ0v) is 14.2. The van der Waals surface area contributed by atoms with E-state index in [1.165, 1.54) is 12.1 Å². The van der Waals surface area contributed by atoms with Crippen molar-refractivity contribution in [3.63, 3.8) is 0 Å². The van der Waals surface area contributed by atoms with Gasteiger partial charge in [-0.1, -0.05) is 19.9 Å². The Morgan fingerprint density at radius 3 is 2.35 bits per heavy atom. The zero-order chi connectivity index (χ0) is 17.6. The first-order valence-corrected chi connectivity index (χ1v) is 8.65. The summed E-state index contributed by atoms with van der Waals surface area (Å²) in [6, 6.07) is 4.50. The van der Waals surface area contributed by atoms with Gasteiger partial charge < -0.3 is 10.2 Å². The third-order valence-electron chi connectivity index (χ3n) is 4.78. The number of anilines is 1. The topological polar surface area (TPSA) is 66.5 Å². The van der Waals surface area contributed by atoms with Crippen molar-refractivity contribution in [1.29, 1.82) is 0 Å². The Bertz CT molecular complexity index is 730. The van der Waals surface area contributed by atoms with Gasteiger partial charge >= 0.3 is 11.8 Å². The highest BCUT2D eigenvalue weighted by Crippen LogP contribution is 2.46. The van der Waals surface area contributed by atoms with E-state index in [2.05, 4.69) is 5.32 Å². The molecule has 0 unspecified atom stereocenters. The van der Waals surface area contributed by atoms with E-state index in [9.17, 15) is 22.0 Å². The van der Waals surface area contributed by atoms with Gasteiger partial charge in [-0.15, -0.1) is 0 Å². The van der Waals surface area contributed by atoms with Gasteiger partial charge in [0.05, 0.1) is 4.90 Å². The minimum Gasteiger partial charge on any atom is -0.318 e. The maximum absolute atomic E-state index is 12.6. The van der Waals surface area contributed by atoms with E-state index >= 15 is 0 Å². The predicted octanol–water partition coefficient (Wildman–Crippen LogP) is 3.34. The molecule has 1 N–H and O–H groups in total. The molecule has 8 heteroatoms. The Morgan fingerprint density at radius 2 is 1.87 bits per heavy atom. The lowest BCUT2D eigenvalue weighted by Crippen LogP contribution is -2.71. The van der Waals surface area contributed by atoms with Crippen molar-refractivity contribution in [2.45, 2.75) is 43.9 Å². The minimum absolute atomic E-state index is 0.0365. The number of carbonyl (C=O) groups excluding carboxylic acids is 1. The van der Waals surface area contributed by atoms with Crippen LogP contribution in [0.15, 0.2) is 29.2 Å². The Labute approximate surface area is 134 Å². The SMILES string of the molecule is CC1(C)CN(C(=O)Nc2cccc(S(=O)(=O)C(F)F)c2)C1(C)C. The normalized spacial score (nSPS) is 19.3. The molecule has 2 amide bonds. The number of amides is 2. The van der Waals surface area contributed by atoms with Gasteiger partial charge in [0, 0.05) is 23.2 Å². The largest absolute Gasteiger partial charge is 0.341 e. The van der Waals surface area contributed by atoms with E-state index in [-0.39, 0.29) is 22.7 Å². The molecule has 5 nitrogen and oxygen atoms in total. The molecule has 1 saturated heterocycles. The monoisotopic (exact) mass is 346 g/mol. The molecule has 0 saturated carbocycles. The van der Waals surface area contributed by atoms with Crippen LogP contribution in [0.1, 0.15) is 27.7 Å². The van der Waals surface area contributed by atoms with E-state index in [0.29, 0.717) is 6.54 Å². The predicted molar refractivity (Wildman–Crippen MR) is 83.2 cm³/mol. The molecule has 1 fully saturated rings. The van der Waals surface area contributed by atoms with Gasteiger partial charge in [0.15, 0.2) is 0 Å². The van der Waals surface area contributed by atoms with Gasteiger partial charge in [0.25, 0.3) is 0 Å². The van der Waals surface area contributed by atoms with Crippen molar-refractivity contribution in [2.24, 2.45) is 5.41 Å². The van der Waals surface area contributed by atoms with Crippen LogP contribution >= 0.6 is 0 Å². The van der Waals surface area contributed by atoms with Crippen LogP contribution in [-0.4, -0.2) is 37.2 Å². The molecule has 0 aliphatic carbocycles. The second kappa shape index (κ2) is 5.43. The van der Waals surface area contributed by atoms with Crippen LogP contribution in [0.25, 0.3) is 0 Å². The number of urea groups is 1. The number of nitrogens with one attached hydrogen (secondary N) is 1. The Morgan fingerprint density at radius 1 is 1.26 bits per heavy atom. The quantitative estimate of drug-likeness (QED) is 0.913. The first-order valence-electron chi connectivity index (χ1n) is 7.10.